The largest absolute Gasteiger partial charge is 0.423 e. The van der Waals surface area contributed by atoms with E-state index in [1.807, 2.05) is 0 Å². The second-order valence-corrected chi connectivity index (χ2v) is 4.93. The number of halogens is 2. The molecule has 0 N–H and O–H groups in total. The Kier molecular flexibility index (Phi) is 2.79. The molecule has 3 rings (SSSR count). The minimum Gasteiger partial charge on any atom is -0.423 e. The molecule has 96 valence electrons. The molecule has 2 aromatic rings. The Morgan fingerprint density at radius 3 is 2.53 bits per heavy atom. The van der Waals surface area contributed by atoms with Crippen LogP contribution in [0.25, 0.3) is 0 Å². The van der Waals surface area contributed by atoms with Crippen molar-refractivity contribution in [3.63, 3.8) is 0 Å². The van der Waals surface area contributed by atoms with E-state index in [0.29, 0.717) is 16.3 Å². The van der Waals surface area contributed by atoms with E-state index in [0.717, 1.165) is 0 Å². The molecule has 1 unspecified atom stereocenters. The maximum Gasteiger partial charge on any atom is 0.354 e. The molecule has 1 heterocycles. The van der Waals surface area contributed by atoms with E-state index in [-0.39, 0.29) is 12.0 Å². The van der Waals surface area contributed by atoms with E-state index in [4.69, 9.17) is 16.3 Å². The fourth-order valence-corrected chi connectivity index (χ4v) is 2.35. The van der Waals surface area contributed by atoms with Crippen molar-refractivity contribution in [3.8, 4) is 5.75 Å². The molecule has 1 atom stereocenters. The lowest BCUT2D eigenvalue weighted by molar-refractivity contribution is -0.144. The molecule has 4 heteroatoms. The summed E-state index contributed by atoms with van der Waals surface area (Å²) >= 11 is 5.79. The van der Waals surface area contributed by atoms with Crippen LogP contribution in [0.3, 0.4) is 0 Å². The molecule has 1 aliphatic heterocycles. The van der Waals surface area contributed by atoms with Crippen LogP contribution >= 0.6 is 11.6 Å². The first-order valence-corrected chi connectivity index (χ1v) is 6.22. The average molecular weight is 277 g/mol. The highest BCUT2D eigenvalue weighted by Gasteiger charge is 2.49. The highest BCUT2D eigenvalue weighted by molar-refractivity contribution is 6.30. The fraction of sp³-hybridized carbons (Fsp3) is 0.133. The van der Waals surface area contributed by atoms with Gasteiger partial charge in [0.25, 0.3) is 0 Å². The highest BCUT2D eigenvalue weighted by Crippen LogP contribution is 2.43. The maximum absolute atomic E-state index is 15.0. The number of carbonyl (C=O) groups excluding carboxylic acids is 1. The van der Waals surface area contributed by atoms with Crippen molar-refractivity contribution in [1.82, 2.24) is 0 Å². The number of esters is 1. The summed E-state index contributed by atoms with van der Waals surface area (Å²) in [4.78, 5) is 11.8. The van der Waals surface area contributed by atoms with Gasteiger partial charge in [0.1, 0.15) is 5.75 Å². The molecule has 0 aromatic heterocycles. The van der Waals surface area contributed by atoms with Gasteiger partial charge in [-0.15, -0.1) is 0 Å². The van der Waals surface area contributed by atoms with E-state index in [1.54, 1.807) is 48.5 Å². The van der Waals surface area contributed by atoms with Gasteiger partial charge in [-0.3, -0.25) is 0 Å². The van der Waals surface area contributed by atoms with Crippen LogP contribution in [-0.4, -0.2) is 5.97 Å². The van der Waals surface area contributed by atoms with Gasteiger partial charge in [-0.05, 0) is 23.8 Å². The summed E-state index contributed by atoms with van der Waals surface area (Å²) in [5, 5.41) is 0.575. The van der Waals surface area contributed by atoms with Crippen molar-refractivity contribution in [1.29, 1.82) is 0 Å². The first-order chi connectivity index (χ1) is 9.09. The van der Waals surface area contributed by atoms with Crippen LogP contribution in [0.2, 0.25) is 5.02 Å². The van der Waals surface area contributed by atoms with Crippen molar-refractivity contribution in [2.24, 2.45) is 0 Å². The predicted octanol–water partition coefficient (Wildman–Crippen LogP) is 3.67. The predicted molar refractivity (Wildman–Crippen MR) is 70.0 cm³/mol. The van der Waals surface area contributed by atoms with Gasteiger partial charge in [0.2, 0.25) is 5.67 Å². The average Bonchev–Trinajstić information content (AvgIpc) is 2.65. The van der Waals surface area contributed by atoms with Gasteiger partial charge in [0, 0.05) is 17.0 Å². The van der Waals surface area contributed by atoms with Crippen LogP contribution < -0.4 is 4.74 Å². The Bertz CT molecular complexity index is 639. The van der Waals surface area contributed by atoms with Crippen molar-refractivity contribution in [3.05, 3.63) is 64.7 Å². The zero-order valence-corrected chi connectivity index (χ0v) is 10.7. The molecule has 1 aliphatic rings. The number of carbonyl (C=O) groups is 1. The minimum absolute atomic E-state index is 0.0555. The van der Waals surface area contributed by atoms with Crippen LogP contribution in [0.15, 0.2) is 48.5 Å². The first-order valence-electron chi connectivity index (χ1n) is 5.85. The Morgan fingerprint density at radius 1 is 1.11 bits per heavy atom. The molecule has 0 fully saturated rings. The molecular formula is C15H10ClFO2. The lowest BCUT2D eigenvalue weighted by Gasteiger charge is -2.16. The quantitative estimate of drug-likeness (QED) is 0.618. The fourth-order valence-electron chi connectivity index (χ4n) is 2.22. The third kappa shape index (κ3) is 2.00. The SMILES string of the molecule is O=C1Oc2ccccc2C1(F)Cc1ccc(Cl)cc1. The number of rotatable bonds is 2. The number of hydrogen-bond acceptors (Lipinski definition) is 2. The van der Waals surface area contributed by atoms with Gasteiger partial charge in [0.15, 0.2) is 0 Å². The van der Waals surface area contributed by atoms with Crippen molar-refractivity contribution >= 4 is 17.6 Å². The lowest BCUT2D eigenvalue weighted by atomic mass is 9.90. The zero-order valence-electron chi connectivity index (χ0n) is 9.90. The number of hydrogen-bond donors (Lipinski definition) is 0. The molecule has 0 radical (unpaired) electrons. The Morgan fingerprint density at radius 2 is 1.79 bits per heavy atom. The molecule has 2 nitrogen and oxygen atoms in total. The van der Waals surface area contributed by atoms with Crippen molar-refractivity contribution < 1.29 is 13.9 Å². The molecule has 0 spiro atoms. The van der Waals surface area contributed by atoms with Crippen LogP contribution in [-0.2, 0) is 16.9 Å². The third-order valence-corrected chi connectivity index (χ3v) is 3.45. The molecule has 0 amide bonds. The van der Waals surface area contributed by atoms with Crippen LogP contribution in [0.4, 0.5) is 4.39 Å². The number of fused-ring (bicyclic) bond motifs is 1. The van der Waals surface area contributed by atoms with E-state index in [9.17, 15) is 9.18 Å². The number of ether oxygens (including phenoxy) is 1. The van der Waals surface area contributed by atoms with Crippen molar-refractivity contribution in [2.45, 2.75) is 12.1 Å². The van der Waals surface area contributed by atoms with Crippen LogP contribution in [0.1, 0.15) is 11.1 Å². The molecule has 2 aromatic carbocycles. The topological polar surface area (TPSA) is 26.3 Å². The summed E-state index contributed by atoms with van der Waals surface area (Å²) in [6, 6.07) is 13.3. The Hall–Kier alpha value is -1.87. The first kappa shape index (κ1) is 12.2. The molecule has 0 saturated carbocycles. The molecule has 0 aliphatic carbocycles. The van der Waals surface area contributed by atoms with Crippen LogP contribution in [0.5, 0.6) is 5.75 Å². The number of para-hydroxylation sites is 1. The second-order valence-electron chi connectivity index (χ2n) is 4.49. The smallest absolute Gasteiger partial charge is 0.354 e. The third-order valence-electron chi connectivity index (χ3n) is 3.20. The van der Waals surface area contributed by atoms with E-state index in [2.05, 4.69) is 0 Å². The summed E-state index contributed by atoms with van der Waals surface area (Å²) in [6.45, 7) is 0. The second kappa shape index (κ2) is 4.35. The Labute approximate surface area is 114 Å². The van der Waals surface area contributed by atoms with Crippen molar-refractivity contribution in [2.75, 3.05) is 0 Å². The summed E-state index contributed by atoms with van der Waals surface area (Å²) in [6.07, 6.45) is -0.0555. The Balaban J connectivity index is 1.99. The standard InChI is InChI=1S/C15H10ClFO2/c16-11-7-5-10(6-8-11)9-15(17)12-3-1-2-4-13(12)19-14(15)18/h1-8H,9H2. The van der Waals surface area contributed by atoms with Gasteiger partial charge >= 0.3 is 5.97 Å². The molecule has 0 bridgehead atoms. The minimum atomic E-state index is -2.12. The van der Waals surface area contributed by atoms with Gasteiger partial charge in [-0.2, -0.15) is 0 Å². The highest BCUT2D eigenvalue weighted by atomic mass is 35.5. The molecule has 19 heavy (non-hydrogen) atoms. The molecular weight excluding hydrogens is 267 g/mol. The number of alkyl halides is 1. The van der Waals surface area contributed by atoms with Gasteiger partial charge in [-0.25, -0.2) is 9.18 Å². The molecule has 0 saturated heterocycles. The van der Waals surface area contributed by atoms with Gasteiger partial charge in [-0.1, -0.05) is 41.9 Å². The van der Waals surface area contributed by atoms with E-state index >= 15 is 0 Å². The maximum atomic E-state index is 15.0. The van der Waals surface area contributed by atoms with Crippen LogP contribution in [0, 0.1) is 0 Å². The summed E-state index contributed by atoms with van der Waals surface area (Å²) in [5.41, 5.74) is -1.14. The monoisotopic (exact) mass is 276 g/mol. The van der Waals surface area contributed by atoms with E-state index in [1.165, 1.54) is 0 Å². The lowest BCUT2D eigenvalue weighted by Crippen LogP contribution is -2.31. The normalized spacial score (nSPS) is 21.1. The summed E-state index contributed by atoms with van der Waals surface area (Å²) < 4.78 is 20.0. The zero-order chi connectivity index (χ0) is 13.5. The summed E-state index contributed by atoms with van der Waals surface area (Å²) in [5.74, 6) is -0.562. The van der Waals surface area contributed by atoms with Gasteiger partial charge in [0.05, 0.1) is 0 Å². The van der Waals surface area contributed by atoms with E-state index < -0.39 is 11.6 Å². The summed E-state index contributed by atoms with van der Waals surface area (Å²) in [7, 11) is 0. The van der Waals surface area contributed by atoms with Gasteiger partial charge < -0.3 is 4.74 Å². The number of benzene rings is 2.